The molecule has 2 aromatic rings. The first kappa shape index (κ1) is 12.5. The molecule has 0 aliphatic carbocycles. The van der Waals surface area contributed by atoms with Crippen LogP contribution in [0.5, 0.6) is 0 Å². The second-order valence-corrected chi connectivity index (χ2v) is 4.56. The zero-order chi connectivity index (χ0) is 13.9. The molecule has 6 heteroatoms. The number of halogens is 1. The van der Waals surface area contributed by atoms with Crippen LogP contribution >= 0.6 is 11.6 Å². The molecule has 2 heterocycles. The van der Waals surface area contributed by atoms with Crippen molar-refractivity contribution in [2.24, 2.45) is 10.2 Å². The molecular formula is C14H9ClN4O. The number of fused-ring (bicyclic) bond motifs is 1. The van der Waals surface area contributed by atoms with E-state index in [1.54, 1.807) is 36.7 Å². The quantitative estimate of drug-likeness (QED) is 0.680. The number of amides is 1. The summed E-state index contributed by atoms with van der Waals surface area (Å²) in [7, 11) is 0. The molecule has 0 saturated heterocycles. The van der Waals surface area contributed by atoms with E-state index in [0.29, 0.717) is 16.3 Å². The normalized spacial score (nSPS) is 15.7. The summed E-state index contributed by atoms with van der Waals surface area (Å²) < 4.78 is 0. The highest BCUT2D eigenvalue weighted by Gasteiger charge is 2.26. The molecule has 0 bridgehead atoms. The number of anilines is 1. The van der Waals surface area contributed by atoms with E-state index in [1.807, 2.05) is 6.07 Å². The van der Waals surface area contributed by atoms with Gasteiger partial charge in [-0.25, -0.2) is 0 Å². The minimum absolute atomic E-state index is 0.252. The summed E-state index contributed by atoms with van der Waals surface area (Å²) in [5, 5.41) is 11.1. The minimum atomic E-state index is -0.286. The highest BCUT2D eigenvalue weighted by molar-refractivity contribution is 6.54. The van der Waals surface area contributed by atoms with Gasteiger partial charge in [-0.05, 0) is 24.3 Å². The molecule has 1 aromatic carbocycles. The molecule has 0 atom stereocenters. The lowest BCUT2D eigenvalue weighted by Gasteiger charge is -1.96. The van der Waals surface area contributed by atoms with Gasteiger partial charge in [0.15, 0.2) is 5.71 Å². The van der Waals surface area contributed by atoms with Gasteiger partial charge in [-0.15, -0.1) is 5.10 Å². The highest BCUT2D eigenvalue weighted by atomic mass is 35.5. The third kappa shape index (κ3) is 2.44. The van der Waals surface area contributed by atoms with E-state index < -0.39 is 0 Å². The average Bonchev–Trinajstić information content (AvgIpc) is 2.76. The predicted octanol–water partition coefficient (Wildman–Crippen LogP) is 2.51. The van der Waals surface area contributed by atoms with Crippen LogP contribution in [0.15, 0.2) is 52.9 Å². The third-order valence-electron chi connectivity index (χ3n) is 2.75. The summed E-state index contributed by atoms with van der Waals surface area (Å²) in [5.41, 5.74) is 2.41. The van der Waals surface area contributed by atoms with Crippen LogP contribution < -0.4 is 5.32 Å². The Morgan fingerprint density at radius 3 is 3.00 bits per heavy atom. The van der Waals surface area contributed by atoms with Crippen LogP contribution in [-0.4, -0.2) is 22.8 Å². The maximum atomic E-state index is 11.8. The fourth-order valence-electron chi connectivity index (χ4n) is 1.83. The van der Waals surface area contributed by atoms with Gasteiger partial charge in [0.1, 0.15) is 0 Å². The van der Waals surface area contributed by atoms with Crippen molar-refractivity contribution >= 4 is 35.1 Å². The van der Waals surface area contributed by atoms with E-state index in [9.17, 15) is 4.79 Å². The Hall–Kier alpha value is -2.53. The lowest BCUT2D eigenvalue weighted by atomic mass is 10.1. The summed E-state index contributed by atoms with van der Waals surface area (Å²) in [6.45, 7) is 0. The number of pyridine rings is 1. The molecule has 0 fully saturated rings. The lowest BCUT2D eigenvalue weighted by Crippen LogP contribution is -2.13. The smallest absolute Gasteiger partial charge is 0.276 e. The van der Waals surface area contributed by atoms with Gasteiger partial charge in [-0.1, -0.05) is 17.7 Å². The summed E-state index contributed by atoms with van der Waals surface area (Å²) in [6, 6.07) is 8.78. The second kappa shape index (κ2) is 5.22. The van der Waals surface area contributed by atoms with Gasteiger partial charge in [0.2, 0.25) is 0 Å². The van der Waals surface area contributed by atoms with E-state index in [4.69, 9.17) is 11.6 Å². The molecule has 0 saturated carbocycles. The van der Waals surface area contributed by atoms with Crippen molar-refractivity contribution in [3.05, 3.63) is 58.9 Å². The van der Waals surface area contributed by atoms with Gasteiger partial charge in [-0.3, -0.25) is 9.78 Å². The van der Waals surface area contributed by atoms with Gasteiger partial charge in [0.05, 0.1) is 11.9 Å². The Bertz CT molecular complexity index is 725. The van der Waals surface area contributed by atoms with E-state index in [2.05, 4.69) is 20.5 Å². The Labute approximate surface area is 120 Å². The number of carbonyl (C=O) groups excluding carboxylic acids is 1. The van der Waals surface area contributed by atoms with E-state index in [0.717, 1.165) is 5.56 Å². The van der Waals surface area contributed by atoms with Gasteiger partial charge in [-0.2, -0.15) is 5.10 Å². The molecule has 0 spiro atoms. The number of nitrogens with one attached hydrogen (secondary N) is 1. The van der Waals surface area contributed by atoms with Crippen molar-refractivity contribution in [1.82, 2.24) is 4.98 Å². The van der Waals surface area contributed by atoms with Crippen molar-refractivity contribution in [3.8, 4) is 0 Å². The molecule has 5 nitrogen and oxygen atoms in total. The maximum Gasteiger partial charge on any atom is 0.276 e. The summed E-state index contributed by atoms with van der Waals surface area (Å²) in [4.78, 5) is 15.8. The average molecular weight is 285 g/mol. The lowest BCUT2D eigenvalue weighted by molar-refractivity contribution is -0.110. The number of hydrogen-bond donors (Lipinski definition) is 1. The number of nitrogens with zero attached hydrogens (tertiary/aromatic N) is 3. The zero-order valence-corrected chi connectivity index (χ0v) is 11.0. The van der Waals surface area contributed by atoms with Gasteiger partial charge >= 0.3 is 0 Å². The molecule has 1 amide bonds. The molecule has 1 aliphatic heterocycles. The van der Waals surface area contributed by atoms with E-state index in [1.165, 1.54) is 6.21 Å². The highest BCUT2D eigenvalue weighted by Crippen LogP contribution is 2.26. The van der Waals surface area contributed by atoms with E-state index >= 15 is 0 Å². The third-order valence-corrected chi connectivity index (χ3v) is 2.98. The molecule has 98 valence electrons. The van der Waals surface area contributed by atoms with Gasteiger partial charge in [0.25, 0.3) is 5.91 Å². The van der Waals surface area contributed by atoms with Crippen LogP contribution in [0.4, 0.5) is 5.69 Å². The van der Waals surface area contributed by atoms with Crippen LogP contribution in [0.1, 0.15) is 11.1 Å². The SMILES string of the molecule is O=C1Nc2ccc(Cl)cc2/C1=N/N=C/c1cccnc1. The number of aromatic nitrogens is 1. The second-order valence-electron chi connectivity index (χ2n) is 4.12. The largest absolute Gasteiger partial charge is 0.320 e. The Balaban J connectivity index is 1.91. The van der Waals surface area contributed by atoms with Crippen LogP contribution in [0.2, 0.25) is 5.02 Å². The topological polar surface area (TPSA) is 66.7 Å². The number of hydrogen-bond acceptors (Lipinski definition) is 4. The predicted molar refractivity (Wildman–Crippen MR) is 78.4 cm³/mol. The first-order chi connectivity index (χ1) is 9.74. The van der Waals surface area contributed by atoms with Crippen LogP contribution in [-0.2, 0) is 4.79 Å². The minimum Gasteiger partial charge on any atom is -0.320 e. The van der Waals surface area contributed by atoms with Crippen molar-refractivity contribution in [1.29, 1.82) is 0 Å². The first-order valence-corrected chi connectivity index (χ1v) is 6.24. The summed E-state index contributed by atoms with van der Waals surface area (Å²) in [5.74, 6) is -0.286. The molecule has 0 radical (unpaired) electrons. The standard InChI is InChI=1S/C14H9ClN4O/c15-10-3-4-12-11(6-10)13(14(20)18-12)19-17-8-9-2-1-5-16-7-9/h1-8H,(H,18,19,20)/b17-8+. The fourth-order valence-corrected chi connectivity index (χ4v) is 2.00. The Kier molecular flexibility index (Phi) is 3.26. The van der Waals surface area contributed by atoms with E-state index in [-0.39, 0.29) is 11.6 Å². The van der Waals surface area contributed by atoms with Gasteiger partial charge < -0.3 is 5.32 Å². The van der Waals surface area contributed by atoms with Crippen molar-refractivity contribution in [2.75, 3.05) is 5.32 Å². The number of benzene rings is 1. The van der Waals surface area contributed by atoms with Crippen LogP contribution in [0, 0.1) is 0 Å². The van der Waals surface area contributed by atoms with Crippen LogP contribution in [0.3, 0.4) is 0 Å². The Morgan fingerprint density at radius 2 is 2.20 bits per heavy atom. The molecule has 1 aliphatic rings. The monoisotopic (exact) mass is 284 g/mol. The molecular weight excluding hydrogens is 276 g/mol. The molecule has 0 unspecified atom stereocenters. The Morgan fingerprint density at radius 1 is 1.30 bits per heavy atom. The van der Waals surface area contributed by atoms with Gasteiger partial charge in [0, 0.05) is 28.5 Å². The fraction of sp³-hybridized carbons (Fsp3) is 0. The first-order valence-electron chi connectivity index (χ1n) is 5.86. The molecule has 20 heavy (non-hydrogen) atoms. The van der Waals surface area contributed by atoms with Crippen LogP contribution in [0.25, 0.3) is 0 Å². The maximum absolute atomic E-state index is 11.8. The van der Waals surface area contributed by atoms with Crippen molar-refractivity contribution < 1.29 is 4.79 Å². The summed E-state index contributed by atoms with van der Waals surface area (Å²) in [6.07, 6.45) is 4.87. The molecule has 3 rings (SSSR count). The summed E-state index contributed by atoms with van der Waals surface area (Å²) >= 11 is 5.93. The molecule has 1 N–H and O–H groups in total. The van der Waals surface area contributed by atoms with Crippen molar-refractivity contribution in [2.45, 2.75) is 0 Å². The van der Waals surface area contributed by atoms with Crippen molar-refractivity contribution in [3.63, 3.8) is 0 Å². The number of rotatable bonds is 2. The number of carbonyl (C=O) groups is 1. The molecule has 1 aromatic heterocycles. The zero-order valence-electron chi connectivity index (χ0n) is 10.2.